The average molecular weight is 275 g/mol. The van der Waals surface area contributed by atoms with Crippen molar-refractivity contribution in [1.29, 1.82) is 0 Å². The van der Waals surface area contributed by atoms with Gasteiger partial charge in [-0.25, -0.2) is 8.42 Å². The summed E-state index contributed by atoms with van der Waals surface area (Å²) in [6, 6.07) is 4.58. The molecule has 2 N–H and O–H groups in total. The van der Waals surface area contributed by atoms with Crippen molar-refractivity contribution in [2.75, 3.05) is 12.8 Å². The topological polar surface area (TPSA) is 63.4 Å². The minimum atomic E-state index is -3.50. The lowest BCUT2D eigenvalue weighted by molar-refractivity contribution is 0.249. The molecular weight excluding hydrogens is 260 g/mol. The predicted molar refractivity (Wildman–Crippen MR) is 68.5 cm³/mol. The van der Waals surface area contributed by atoms with E-state index >= 15 is 0 Å². The number of rotatable bonds is 3. The minimum Gasteiger partial charge on any atom is -0.399 e. The molecule has 0 radical (unpaired) electrons. The standard InChI is InChI=1S/C11H15ClN2O2S/c1-14(9-3-2-4-9)17(15,16)11-6-5-8(13)7-10(11)12/h5-7,9H,2-4,13H2,1H3. The highest BCUT2D eigenvalue weighted by Gasteiger charge is 2.32. The van der Waals surface area contributed by atoms with Gasteiger partial charge in [0.2, 0.25) is 10.0 Å². The summed E-state index contributed by atoms with van der Waals surface area (Å²) in [7, 11) is -1.90. The van der Waals surface area contributed by atoms with Gasteiger partial charge in [0.15, 0.2) is 0 Å². The van der Waals surface area contributed by atoms with E-state index in [1.807, 2.05) is 0 Å². The van der Waals surface area contributed by atoms with Gasteiger partial charge in [0.05, 0.1) is 5.02 Å². The Kier molecular flexibility index (Phi) is 3.34. The van der Waals surface area contributed by atoms with Gasteiger partial charge in [-0.05, 0) is 31.0 Å². The zero-order valence-electron chi connectivity index (χ0n) is 9.56. The summed E-state index contributed by atoms with van der Waals surface area (Å²) in [4.78, 5) is 0.128. The lowest BCUT2D eigenvalue weighted by Gasteiger charge is -2.33. The van der Waals surface area contributed by atoms with Crippen molar-refractivity contribution in [3.8, 4) is 0 Å². The van der Waals surface area contributed by atoms with Crippen LogP contribution in [0.15, 0.2) is 23.1 Å². The van der Waals surface area contributed by atoms with Gasteiger partial charge in [-0.15, -0.1) is 0 Å². The van der Waals surface area contributed by atoms with Gasteiger partial charge in [0.25, 0.3) is 0 Å². The molecule has 1 aromatic rings. The number of halogens is 1. The molecule has 1 aromatic carbocycles. The molecule has 0 bridgehead atoms. The van der Waals surface area contributed by atoms with Crippen molar-refractivity contribution in [2.45, 2.75) is 30.2 Å². The van der Waals surface area contributed by atoms with Crippen LogP contribution in [0.2, 0.25) is 5.02 Å². The molecule has 0 spiro atoms. The molecule has 0 atom stereocenters. The van der Waals surface area contributed by atoms with Crippen LogP contribution in [0.4, 0.5) is 5.69 Å². The Morgan fingerprint density at radius 2 is 2.06 bits per heavy atom. The number of hydrogen-bond donors (Lipinski definition) is 1. The summed E-state index contributed by atoms with van der Waals surface area (Å²) in [5, 5.41) is 0.177. The maximum Gasteiger partial charge on any atom is 0.244 e. The molecule has 4 nitrogen and oxygen atoms in total. The SMILES string of the molecule is CN(C1CCC1)S(=O)(=O)c1ccc(N)cc1Cl. The third kappa shape index (κ3) is 2.27. The third-order valence-corrected chi connectivity index (χ3v) is 5.59. The number of nitrogens with zero attached hydrogens (tertiary/aromatic N) is 1. The second-order valence-corrected chi connectivity index (χ2v) is 6.67. The number of hydrogen-bond acceptors (Lipinski definition) is 3. The number of nitrogen functional groups attached to an aromatic ring is 1. The second kappa shape index (κ2) is 4.48. The summed E-state index contributed by atoms with van der Waals surface area (Å²) in [6.45, 7) is 0. The van der Waals surface area contributed by atoms with E-state index in [2.05, 4.69) is 0 Å². The van der Waals surface area contributed by atoms with Crippen LogP contribution in [0.5, 0.6) is 0 Å². The number of sulfonamides is 1. The Bertz CT molecular complexity index is 526. The van der Waals surface area contributed by atoms with E-state index in [1.54, 1.807) is 13.1 Å². The predicted octanol–water partition coefficient (Wildman–Crippen LogP) is 2.10. The van der Waals surface area contributed by atoms with E-state index < -0.39 is 10.0 Å². The molecule has 2 rings (SSSR count). The minimum absolute atomic E-state index is 0.105. The van der Waals surface area contributed by atoms with Crippen molar-refractivity contribution in [3.05, 3.63) is 23.2 Å². The van der Waals surface area contributed by atoms with E-state index in [9.17, 15) is 8.42 Å². The lowest BCUT2D eigenvalue weighted by Crippen LogP contribution is -2.41. The maximum absolute atomic E-state index is 12.3. The van der Waals surface area contributed by atoms with E-state index in [4.69, 9.17) is 17.3 Å². The quantitative estimate of drug-likeness (QED) is 0.859. The molecule has 6 heteroatoms. The van der Waals surface area contributed by atoms with Crippen molar-refractivity contribution < 1.29 is 8.42 Å². The van der Waals surface area contributed by atoms with Crippen LogP contribution in [-0.4, -0.2) is 25.8 Å². The van der Waals surface area contributed by atoms with Gasteiger partial charge >= 0.3 is 0 Å². The Morgan fingerprint density at radius 3 is 2.53 bits per heavy atom. The molecule has 17 heavy (non-hydrogen) atoms. The molecular formula is C11H15ClN2O2S. The van der Waals surface area contributed by atoms with E-state index in [0.29, 0.717) is 5.69 Å². The molecule has 1 aliphatic rings. The average Bonchev–Trinajstić information content (AvgIpc) is 2.13. The fourth-order valence-corrected chi connectivity index (χ4v) is 3.77. The first-order valence-corrected chi connectivity index (χ1v) is 7.28. The molecule has 0 aliphatic heterocycles. The van der Waals surface area contributed by atoms with Crippen LogP contribution in [0.25, 0.3) is 0 Å². The van der Waals surface area contributed by atoms with Gasteiger partial charge in [-0.3, -0.25) is 0 Å². The van der Waals surface area contributed by atoms with Crippen LogP contribution in [0.3, 0.4) is 0 Å². The highest BCUT2D eigenvalue weighted by atomic mass is 35.5. The summed E-state index contributed by atoms with van der Waals surface area (Å²) in [5.41, 5.74) is 6.01. The van der Waals surface area contributed by atoms with Crippen molar-refractivity contribution in [3.63, 3.8) is 0 Å². The molecule has 1 aliphatic carbocycles. The fraction of sp³-hybridized carbons (Fsp3) is 0.455. The van der Waals surface area contributed by atoms with Crippen molar-refractivity contribution in [1.82, 2.24) is 4.31 Å². The number of benzene rings is 1. The molecule has 0 aromatic heterocycles. The van der Waals surface area contributed by atoms with Crippen LogP contribution in [0, 0.1) is 0 Å². The smallest absolute Gasteiger partial charge is 0.244 e. The highest BCUT2D eigenvalue weighted by Crippen LogP contribution is 2.31. The zero-order chi connectivity index (χ0) is 12.6. The second-order valence-electron chi connectivity index (χ2n) is 4.30. The zero-order valence-corrected chi connectivity index (χ0v) is 11.1. The van der Waals surface area contributed by atoms with Crippen molar-refractivity contribution in [2.24, 2.45) is 0 Å². The van der Waals surface area contributed by atoms with Crippen LogP contribution in [0.1, 0.15) is 19.3 Å². The number of anilines is 1. The Hall–Kier alpha value is -0.780. The Labute approximate surface area is 106 Å². The Balaban J connectivity index is 2.36. The molecule has 0 saturated heterocycles. The molecule has 0 unspecified atom stereocenters. The summed E-state index contributed by atoms with van der Waals surface area (Å²) in [6.07, 6.45) is 2.92. The highest BCUT2D eigenvalue weighted by molar-refractivity contribution is 7.89. The fourth-order valence-electron chi connectivity index (χ4n) is 1.83. The van der Waals surface area contributed by atoms with Crippen LogP contribution >= 0.6 is 11.6 Å². The van der Waals surface area contributed by atoms with E-state index in [-0.39, 0.29) is 16.0 Å². The van der Waals surface area contributed by atoms with Crippen LogP contribution < -0.4 is 5.73 Å². The van der Waals surface area contributed by atoms with Gasteiger partial charge in [-0.2, -0.15) is 4.31 Å². The lowest BCUT2D eigenvalue weighted by atomic mass is 9.94. The van der Waals surface area contributed by atoms with Crippen molar-refractivity contribution >= 4 is 27.3 Å². The first kappa shape index (κ1) is 12.7. The van der Waals surface area contributed by atoms with Gasteiger partial charge in [-0.1, -0.05) is 18.0 Å². The summed E-state index contributed by atoms with van der Waals surface area (Å²) in [5.74, 6) is 0. The number of nitrogens with two attached hydrogens (primary N) is 1. The van der Waals surface area contributed by atoms with E-state index in [0.717, 1.165) is 19.3 Å². The maximum atomic E-state index is 12.3. The van der Waals surface area contributed by atoms with Gasteiger partial charge in [0.1, 0.15) is 4.90 Å². The first-order chi connectivity index (χ1) is 7.93. The van der Waals surface area contributed by atoms with Crippen LogP contribution in [-0.2, 0) is 10.0 Å². The molecule has 0 amide bonds. The van der Waals surface area contributed by atoms with E-state index in [1.165, 1.54) is 16.4 Å². The normalized spacial score (nSPS) is 17.1. The molecule has 1 fully saturated rings. The largest absolute Gasteiger partial charge is 0.399 e. The molecule has 1 saturated carbocycles. The first-order valence-electron chi connectivity index (χ1n) is 5.46. The monoisotopic (exact) mass is 274 g/mol. The third-order valence-electron chi connectivity index (χ3n) is 3.20. The Morgan fingerprint density at radius 1 is 1.41 bits per heavy atom. The summed E-state index contributed by atoms with van der Waals surface area (Å²) < 4.78 is 26.0. The summed E-state index contributed by atoms with van der Waals surface area (Å²) >= 11 is 5.94. The molecule has 0 heterocycles. The van der Waals surface area contributed by atoms with Gasteiger partial charge in [0, 0.05) is 18.8 Å². The molecule has 94 valence electrons. The van der Waals surface area contributed by atoms with Gasteiger partial charge < -0.3 is 5.73 Å².